The predicted octanol–water partition coefficient (Wildman–Crippen LogP) is 1.17. The van der Waals surface area contributed by atoms with Gasteiger partial charge >= 0.3 is 6.18 Å². The summed E-state index contributed by atoms with van der Waals surface area (Å²) in [6.45, 7) is 0.519. The van der Waals surface area contributed by atoms with E-state index in [4.69, 9.17) is 5.73 Å². The molecule has 0 spiro atoms. The zero-order chi connectivity index (χ0) is 12.9. The second kappa shape index (κ2) is 5.97. The van der Waals surface area contributed by atoms with Gasteiger partial charge in [0.25, 0.3) is 0 Å². The second-order valence-electron chi connectivity index (χ2n) is 3.26. The number of halogens is 3. The largest absolute Gasteiger partial charge is 0.434 e. The number of aromatic nitrogens is 1. The summed E-state index contributed by atoms with van der Waals surface area (Å²) >= 11 is 0.934. The van der Waals surface area contributed by atoms with E-state index in [0.29, 0.717) is 5.01 Å². The Labute approximate surface area is 100 Å². The molecule has 0 aliphatic rings. The standard InChI is InChI=1S/C9H12F3N3OS/c10-9(11,12)6-5-17-8(15-6)2-4-14-7(16)1-3-13/h5H,1-4,13H2,(H,14,16). The van der Waals surface area contributed by atoms with Crippen LogP contribution in [0, 0.1) is 0 Å². The van der Waals surface area contributed by atoms with Crippen molar-refractivity contribution in [1.29, 1.82) is 0 Å². The van der Waals surface area contributed by atoms with E-state index in [9.17, 15) is 18.0 Å². The lowest BCUT2D eigenvalue weighted by Gasteiger charge is -2.02. The van der Waals surface area contributed by atoms with Gasteiger partial charge in [0.15, 0.2) is 5.69 Å². The van der Waals surface area contributed by atoms with Gasteiger partial charge in [-0.15, -0.1) is 11.3 Å². The van der Waals surface area contributed by atoms with E-state index in [1.807, 2.05) is 0 Å². The summed E-state index contributed by atoms with van der Waals surface area (Å²) in [5, 5.41) is 3.87. The Morgan fingerprint density at radius 1 is 1.53 bits per heavy atom. The van der Waals surface area contributed by atoms with Crippen molar-refractivity contribution in [3.8, 4) is 0 Å². The molecule has 1 rings (SSSR count). The van der Waals surface area contributed by atoms with Crippen molar-refractivity contribution < 1.29 is 18.0 Å². The number of nitrogens with two attached hydrogens (primary N) is 1. The highest BCUT2D eigenvalue weighted by Crippen LogP contribution is 2.29. The van der Waals surface area contributed by atoms with Crippen molar-refractivity contribution in [2.45, 2.75) is 19.0 Å². The van der Waals surface area contributed by atoms with Crippen LogP contribution < -0.4 is 11.1 Å². The molecule has 8 heteroatoms. The molecule has 0 aliphatic carbocycles. The molecule has 1 aromatic heterocycles. The molecule has 1 aromatic rings. The Hall–Kier alpha value is -1.15. The minimum Gasteiger partial charge on any atom is -0.356 e. The molecule has 4 nitrogen and oxygen atoms in total. The molecule has 96 valence electrons. The van der Waals surface area contributed by atoms with Gasteiger partial charge in [-0.25, -0.2) is 4.98 Å². The fourth-order valence-corrected chi connectivity index (χ4v) is 1.89. The molecular weight excluding hydrogens is 255 g/mol. The number of nitrogens with zero attached hydrogens (tertiary/aromatic N) is 1. The normalized spacial score (nSPS) is 11.5. The lowest BCUT2D eigenvalue weighted by atomic mass is 10.3. The lowest BCUT2D eigenvalue weighted by Crippen LogP contribution is -2.27. The van der Waals surface area contributed by atoms with Gasteiger partial charge in [0.2, 0.25) is 5.91 Å². The van der Waals surface area contributed by atoms with Crippen LogP contribution in [0.5, 0.6) is 0 Å². The zero-order valence-corrected chi connectivity index (χ0v) is 9.70. The number of rotatable bonds is 5. The lowest BCUT2D eigenvalue weighted by molar-refractivity contribution is -0.140. The van der Waals surface area contributed by atoms with Gasteiger partial charge in [-0.1, -0.05) is 0 Å². The van der Waals surface area contributed by atoms with Crippen molar-refractivity contribution in [1.82, 2.24) is 10.3 Å². The Bertz CT molecular complexity index is 378. The number of hydrogen-bond acceptors (Lipinski definition) is 4. The smallest absolute Gasteiger partial charge is 0.356 e. The van der Waals surface area contributed by atoms with Crippen molar-refractivity contribution in [3.05, 3.63) is 16.1 Å². The van der Waals surface area contributed by atoms with Crippen LogP contribution in [0.4, 0.5) is 13.2 Å². The van der Waals surface area contributed by atoms with E-state index < -0.39 is 11.9 Å². The highest BCUT2D eigenvalue weighted by Gasteiger charge is 2.33. The first-order valence-corrected chi connectivity index (χ1v) is 5.80. The monoisotopic (exact) mass is 267 g/mol. The van der Waals surface area contributed by atoms with Crippen LogP contribution >= 0.6 is 11.3 Å². The summed E-state index contributed by atoms with van der Waals surface area (Å²) in [5.41, 5.74) is 4.28. The van der Waals surface area contributed by atoms with Crippen LogP contribution in [0.2, 0.25) is 0 Å². The molecule has 0 aliphatic heterocycles. The molecule has 17 heavy (non-hydrogen) atoms. The molecule has 0 atom stereocenters. The Kier molecular flexibility index (Phi) is 4.88. The maximum Gasteiger partial charge on any atom is 0.434 e. The van der Waals surface area contributed by atoms with Crippen LogP contribution in [-0.4, -0.2) is 24.0 Å². The Morgan fingerprint density at radius 2 is 2.24 bits per heavy atom. The van der Waals surface area contributed by atoms with Gasteiger partial charge in [-0.05, 0) is 0 Å². The van der Waals surface area contributed by atoms with Gasteiger partial charge in [-0.2, -0.15) is 13.2 Å². The third-order valence-corrected chi connectivity index (χ3v) is 2.78. The molecule has 0 saturated carbocycles. The van der Waals surface area contributed by atoms with E-state index in [2.05, 4.69) is 10.3 Å². The molecule has 3 N–H and O–H groups in total. The molecule has 0 saturated heterocycles. The van der Waals surface area contributed by atoms with E-state index in [1.165, 1.54) is 0 Å². The van der Waals surface area contributed by atoms with E-state index >= 15 is 0 Å². The minimum atomic E-state index is -4.41. The van der Waals surface area contributed by atoms with Crippen LogP contribution in [0.3, 0.4) is 0 Å². The molecule has 0 unspecified atom stereocenters. The van der Waals surface area contributed by atoms with Crippen molar-refractivity contribution in [2.24, 2.45) is 5.73 Å². The topological polar surface area (TPSA) is 68.0 Å². The second-order valence-corrected chi connectivity index (χ2v) is 4.21. The maximum absolute atomic E-state index is 12.2. The highest BCUT2D eigenvalue weighted by molar-refractivity contribution is 7.09. The number of hydrogen-bond donors (Lipinski definition) is 2. The SMILES string of the molecule is NCCC(=O)NCCc1nc(C(F)(F)F)cs1. The summed E-state index contributed by atoms with van der Waals surface area (Å²) in [7, 11) is 0. The first kappa shape index (κ1) is 13.9. The van der Waals surface area contributed by atoms with Crippen LogP contribution in [-0.2, 0) is 17.4 Å². The van der Waals surface area contributed by atoms with E-state index in [-0.39, 0.29) is 31.8 Å². The third kappa shape index (κ3) is 4.70. The van der Waals surface area contributed by atoms with Crippen LogP contribution in [0.15, 0.2) is 5.38 Å². The number of nitrogens with one attached hydrogen (secondary N) is 1. The number of thiazole rings is 1. The van der Waals surface area contributed by atoms with Gasteiger partial charge in [-0.3, -0.25) is 4.79 Å². The average molecular weight is 267 g/mol. The van der Waals surface area contributed by atoms with Crippen molar-refractivity contribution in [3.63, 3.8) is 0 Å². The molecule has 0 fully saturated rings. The summed E-state index contributed by atoms with van der Waals surface area (Å²) in [6, 6.07) is 0. The number of amides is 1. The molecule has 0 bridgehead atoms. The average Bonchev–Trinajstić information content (AvgIpc) is 2.66. The first-order chi connectivity index (χ1) is 7.93. The molecule has 1 amide bonds. The molecule has 0 radical (unpaired) electrons. The number of alkyl halides is 3. The van der Waals surface area contributed by atoms with Crippen molar-refractivity contribution >= 4 is 17.2 Å². The summed E-state index contributed by atoms with van der Waals surface area (Å²) in [5.74, 6) is -0.208. The van der Waals surface area contributed by atoms with Gasteiger partial charge in [0, 0.05) is 31.3 Å². The van der Waals surface area contributed by atoms with Crippen LogP contribution in [0.25, 0.3) is 0 Å². The van der Waals surface area contributed by atoms with E-state index in [0.717, 1.165) is 16.7 Å². The van der Waals surface area contributed by atoms with Crippen LogP contribution in [0.1, 0.15) is 17.1 Å². The highest BCUT2D eigenvalue weighted by atomic mass is 32.1. The van der Waals surface area contributed by atoms with Crippen molar-refractivity contribution in [2.75, 3.05) is 13.1 Å². The van der Waals surface area contributed by atoms with Gasteiger partial charge < -0.3 is 11.1 Å². The number of carbonyl (C=O) groups excluding carboxylic acids is 1. The summed E-state index contributed by atoms with van der Waals surface area (Å²) in [6.07, 6.45) is -3.90. The minimum absolute atomic E-state index is 0.208. The summed E-state index contributed by atoms with van der Waals surface area (Å²) < 4.78 is 36.6. The Balaban J connectivity index is 2.38. The predicted molar refractivity (Wildman–Crippen MR) is 57.5 cm³/mol. The quantitative estimate of drug-likeness (QED) is 0.841. The third-order valence-electron chi connectivity index (χ3n) is 1.87. The van der Waals surface area contributed by atoms with E-state index in [1.54, 1.807) is 0 Å². The fraction of sp³-hybridized carbons (Fsp3) is 0.556. The number of carbonyl (C=O) groups is 1. The zero-order valence-electron chi connectivity index (χ0n) is 8.88. The fourth-order valence-electron chi connectivity index (χ4n) is 1.08. The first-order valence-electron chi connectivity index (χ1n) is 4.92. The molecular formula is C9H12F3N3OS. The Morgan fingerprint density at radius 3 is 2.76 bits per heavy atom. The summed E-state index contributed by atoms with van der Waals surface area (Å²) in [4.78, 5) is 14.5. The van der Waals surface area contributed by atoms with Gasteiger partial charge in [0.1, 0.15) is 0 Å². The maximum atomic E-state index is 12.2. The van der Waals surface area contributed by atoms with Gasteiger partial charge in [0.05, 0.1) is 5.01 Å². The molecule has 1 heterocycles. The molecule has 0 aromatic carbocycles.